The highest BCUT2D eigenvalue weighted by molar-refractivity contribution is 6.30. The Hall–Kier alpha value is -2.85. The Kier molecular flexibility index (Phi) is 4.35. The minimum Gasteiger partial charge on any atom is -0.273 e. The molecule has 0 bridgehead atoms. The largest absolute Gasteiger partial charge is 0.273 e. The SMILES string of the molecule is O=C(Cc1ccc(Cl)cc1)NNC(=O)c1ccc2c3c(cccc13)CC2. The molecule has 3 aromatic rings. The maximum absolute atomic E-state index is 12.6. The summed E-state index contributed by atoms with van der Waals surface area (Å²) in [5.41, 5.74) is 8.95. The Morgan fingerprint density at radius 2 is 1.62 bits per heavy atom. The van der Waals surface area contributed by atoms with Gasteiger partial charge in [0.05, 0.1) is 6.42 Å². The average molecular weight is 365 g/mol. The second kappa shape index (κ2) is 6.81. The number of hydrogen-bond acceptors (Lipinski definition) is 2. The predicted octanol–water partition coefficient (Wildman–Crippen LogP) is 3.60. The first kappa shape index (κ1) is 16.6. The van der Waals surface area contributed by atoms with Gasteiger partial charge in [0.2, 0.25) is 5.91 Å². The van der Waals surface area contributed by atoms with Crippen LogP contribution in [0.1, 0.15) is 27.0 Å². The predicted molar refractivity (Wildman–Crippen MR) is 102 cm³/mol. The van der Waals surface area contributed by atoms with Gasteiger partial charge in [0.15, 0.2) is 0 Å². The molecule has 0 aliphatic heterocycles. The maximum atomic E-state index is 12.6. The van der Waals surface area contributed by atoms with Gasteiger partial charge in [0, 0.05) is 10.6 Å². The highest BCUT2D eigenvalue weighted by Crippen LogP contribution is 2.32. The van der Waals surface area contributed by atoms with Crippen molar-refractivity contribution in [2.75, 3.05) is 0 Å². The summed E-state index contributed by atoms with van der Waals surface area (Å²) in [6.45, 7) is 0. The van der Waals surface area contributed by atoms with Crippen LogP contribution in [0.3, 0.4) is 0 Å². The number of hydrazine groups is 1. The van der Waals surface area contributed by atoms with Gasteiger partial charge in [-0.05, 0) is 58.5 Å². The van der Waals surface area contributed by atoms with Gasteiger partial charge in [-0.3, -0.25) is 20.4 Å². The Morgan fingerprint density at radius 3 is 2.38 bits per heavy atom. The molecule has 4 nitrogen and oxygen atoms in total. The van der Waals surface area contributed by atoms with E-state index in [0.29, 0.717) is 10.6 Å². The summed E-state index contributed by atoms with van der Waals surface area (Å²) in [6.07, 6.45) is 2.19. The third-order valence-corrected chi connectivity index (χ3v) is 4.97. The lowest BCUT2D eigenvalue weighted by Gasteiger charge is -2.11. The Labute approximate surface area is 156 Å². The first-order chi connectivity index (χ1) is 12.6. The molecule has 4 rings (SSSR count). The molecule has 5 heteroatoms. The van der Waals surface area contributed by atoms with E-state index < -0.39 is 0 Å². The lowest BCUT2D eigenvalue weighted by molar-refractivity contribution is -0.121. The van der Waals surface area contributed by atoms with Crippen molar-refractivity contribution < 1.29 is 9.59 Å². The number of carbonyl (C=O) groups is 2. The van der Waals surface area contributed by atoms with Gasteiger partial charge in [-0.15, -0.1) is 0 Å². The molecule has 0 unspecified atom stereocenters. The van der Waals surface area contributed by atoms with Crippen molar-refractivity contribution in [3.05, 3.63) is 81.9 Å². The fourth-order valence-corrected chi connectivity index (χ4v) is 3.60. The van der Waals surface area contributed by atoms with Gasteiger partial charge >= 0.3 is 0 Å². The number of aryl methyl sites for hydroxylation is 2. The molecule has 0 atom stereocenters. The number of halogens is 1. The molecule has 2 N–H and O–H groups in total. The summed E-state index contributed by atoms with van der Waals surface area (Å²) in [6, 6.07) is 16.9. The highest BCUT2D eigenvalue weighted by Gasteiger charge is 2.18. The molecule has 1 aliphatic carbocycles. The van der Waals surface area contributed by atoms with Crippen molar-refractivity contribution in [2.45, 2.75) is 19.3 Å². The van der Waals surface area contributed by atoms with Crippen LogP contribution in [0, 0.1) is 0 Å². The number of benzene rings is 3. The van der Waals surface area contributed by atoms with E-state index >= 15 is 0 Å². The normalized spacial score (nSPS) is 12.2. The van der Waals surface area contributed by atoms with Crippen LogP contribution >= 0.6 is 11.6 Å². The number of nitrogens with one attached hydrogen (secondary N) is 2. The zero-order valence-electron chi connectivity index (χ0n) is 14.0. The standard InChI is InChI=1S/C21H17ClN2O2/c22-16-9-4-13(5-10-16)12-19(25)23-24-21(26)18-11-8-15-7-6-14-2-1-3-17(18)20(14)15/h1-5,8-11H,6-7,12H2,(H,23,25)(H,24,26). The van der Waals surface area contributed by atoms with Crippen molar-refractivity contribution in [3.63, 3.8) is 0 Å². The first-order valence-corrected chi connectivity index (χ1v) is 8.87. The average Bonchev–Trinajstić information content (AvgIpc) is 3.07. The number of amides is 2. The molecule has 0 aromatic heterocycles. The molecule has 0 fully saturated rings. The van der Waals surface area contributed by atoms with Gasteiger partial charge in [-0.1, -0.05) is 48.0 Å². The number of carbonyl (C=O) groups excluding carboxylic acids is 2. The lowest BCUT2D eigenvalue weighted by atomic mass is 10.00. The third-order valence-electron chi connectivity index (χ3n) is 4.71. The van der Waals surface area contributed by atoms with Crippen LogP contribution in [-0.4, -0.2) is 11.8 Å². The number of rotatable bonds is 3. The summed E-state index contributed by atoms with van der Waals surface area (Å²) in [7, 11) is 0. The highest BCUT2D eigenvalue weighted by atomic mass is 35.5. The van der Waals surface area contributed by atoms with Crippen molar-refractivity contribution in [1.82, 2.24) is 10.9 Å². The number of hydrogen-bond donors (Lipinski definition) is 2. The van der Waals surface area contributed by atoms with Gasteiger partial charge < -0.3 is 0 Å². The third kappa shape index (κ3) is 3.16. The molecule has 1 aliphatic rings. The monoisotopic (exact) mass is 364 g/mol. The van der Waals surface area contributed by atoms with Crippen LogP contribution in [-0.2, 0) is 24.1 Å². The molecule has 2 amide bonds. The smallest absolute Gasteiger partial charge is 0.270 e. The van der Waals surface area contributed by atoms with Crippen LogP contribution < -0.4 is 10.9 Å². The van der Waals surface area contributed by atoms with E-state index in [9.17, 15) is 9.59 Å². The zero-order valence-corrected chi connectivity index (χ0v) is 14.8. The van der Waals surface area contributed by atoms with Crippen LogP contribution in [0.25, 0.3) is 10.8 Å². The Bertz CT molecular complexity index is 1000. The molecule has 0 saturated heterocycles. The van der Waals surface area contributed by atoms with E-state index in [1.165, 1.54) is 16.5 Å². The van der Waals surface area contributed by atoms with E-state index in [0.717, 1.165) is 23.8 Å². The second-order valence-corrected chi connectivity index (χ2v) is 6.85. The second-order valence-electron chi connectivity index (χ2n) is 6.42. The Balaban J connectivity index is 1.46. The molecule has 26 heavy (non-hydrogen) atoms. The molecular formula is C21H17ClN2O2. The Morgan fingerprint density at radius 1 is 0.885 bits per heavy atom. The molecule has 3 aromatic carbocycles. The molecule has 0 radical (unpaired) electrons. The minimum absolute atomic E-state index is 0.168. The quantitative estimate of drug-likeness (QED) is 0.698. The van der Waals surface area contributed by atoms with Crippen molar-refractivity contribution in [1.29, 1.82) is 0 Å². The van der Waals surface area contributed by atoms with Crippen LogP contribution in [0.4, 0.5) is 0 Å². The maximum Gasteiger partial charge on any atom is 0.270 e. The summed E-state index contributed by atoms with van der Waals surface area (Å²) in [5, 5.41) is 2.73. The zero-order chi connectivity index (χ0) is 18.1. The summed E-state index contributed by atoms with van der Waals surface area (Å²) in [5.74, 6) is -0.600. The molecular weight excluding hydrogens is 348 g/mol. The van der Waals surface area contributed by atoms with Crippen molar-refractivity contribution in [3.8, 4) is 0 Å². The molecule has 130 valence electrons. The molecule has 0 saturated carbocycles. The van der Waals surface area contributed by atoms with E-state index in [1.807, 2.05) is 24.3 Å². The van der Waals surface area contributed by atoms with E-state index in [-0.39, 0.29) is 18.2 Å². The van der Waals surface area contributed by atoms with Crippen LogP contribution in [0.5, 0.6) is 0 Å². The summed E-state index contributed by atoms with van der Waals surface area (Å²) >= 11 is 5.84. The van der Waals surface area contributed by atoms with E-state index in [1.54, 1.807) is 24.3 Å². The van der Waals surface area contributed by atoms with Gasteiger partial charge in [0.25, 0.3) is 5.91 Å². The van der Waals surface area contributed by atoms with Crippen LogP contribution in [0.15, 0.2) is 54.6 Å². The minimum atomic E-state index is -0.315. The van der Waals surface area contributed by atoms with E-state index in [2.05, 4.69) is 16.9 Å². The first-order valence-electron chi connectivity index (χ1n) is 8.49. The van der Waals surface area contributed by atoms with Crippen LogP contribution in [0.2, 0.25) is 5.02 Å². The van der Waals surface area contributed by atoms with Crippen molar-refractivity contribution in [2.24, 2.45) is 0 Å². The lowest BCUT2D eigenvalue weighted by Crippen LogP contribution is -2.42. The van der Waals surface area contributed by atoms with Gasteiger partial charge in [0.1, 0.15) is 0 Å². The molecule has 0 heterocycles. The topological polar surface area (TPSA) is 58.2 Å². The van der Waals surface area contributed by atoms with E-state index in [4.69, 9.17) is 11.6 Å². The van der Waals surface area contributed by atoms with Crippen molar-refractivity contribution >= 4 is 34.2 Å². The fraction of sp³-hybridized carbons (Fsp3) is 0.143. The van der Waals surface area contributed by atoms with Gasteiger partial charge in [-0.25, -0.2) is 0 Å². The summed E-state index contributed by atoms with van der Waals surface area (Å²) < 4.78 is 0. The van der Waals surface area contributed by atoms with Gasteiger partial charge in [-0.2, -0.15) is 0 Å². The molecule has 0 spiro atoms. The summed E-state index contributed by atoms with van der Waals surface area (Å²) in [4.78, 5) is 24.6. The fourth-order valence-electron chi connectivity index (χ4n) is 3.47.